The number of thiophene rings is 1. The molecule has 0 atom stereocenters. The lowest BCUT2D eigenvalue weighted by Crippen LogP contribution is -2.00. The summed E-state index contributed by atoms with van der Waals surface area (Å²) in [5, 5.41) is 7.32. The van der Waals surface area contributed by atoms with Gasteiger partial charge in [0.15, 0.2) is 17.5 Å². The van der Waals surface area contributed by atoms with Crippen LogP contribution in [0.25, 0.3) is 120 Å². The minimum Gasteiger partial charge on any atom is -0.309 e. The molecular formula is C57H35N5S. The van der Waals surface area contributed by atoms with Gasteiger partial charge in [-0.15, -0.1) is 11.3 Å². The van der Waals surface area contributed by atoms with Gasteiger partial charge in [-0.1, -0.05) is 158 Å². The fourth-order valence-corrected chi connectivity index (χ4v) is 10.8. The van der Waals surface area contributed by atoms with Crippen molar-refractivity contribution in [3.63, 3.8) is 0 Å². The van der Waals surface area contributed by atoms with Crippen molar-refractivity contribution >= 4 is 75.1 Å². The van der Waals surface area contributed by atoms with Crippen molar-refractivity contribution in [3.05, 3.63) is 212 Å². The summed E-state index contributed by atoms with van der Waals surface area (Å²) >= 11 is 1.81. The third-order valence-corrected chi connectivity index (χ3v) is 13.7. The predicted octanol–water partition coefficient (Wildman–Crippen LogP) is 15.1. The van der Waals surface area contributed by atoms with Crippen molar-refractivity contribution in [2.45, 2.75) is 0 Å². The monoisotopic (exact) mass is 821 g/mol. The molecule has 63 heavy (non-hydrogen) atoms. The van der Waals surface area contributed by atoms with Crippen LogP contribution in [-0.4, -0.2) is 24.1 Å². The Bertz CT molecular complexity index is 3850. The van der Waals surface area contributed by atoms with Crippen molar-refractivity contribution in [1.82, 2.24) is 24.1 Å². The molecule has 0 amide bonds. The summed E-state index contributed by atoms with van der Waals surface area (Å²) in [4.78, 5) is 15.3. The molecule has 0 fully saturated rings. The van der Waals surface area contributed by atoms with E-state index in [4.69, 9.17) is 15.0 Å². The average molecular weight is 822 g/mol. The molecule has 4 heterocycles. The van der Waals surface area contributed by atoms with Crippen molar-refractivity contribution in [1.29, 1.82) is 0 Å². The van der Waals surface area contributed by atoms with Gasteiger partial charge in [0.2, 0.25) is 0 Å². The normalized spacial score (nSPS) is 11.8. The lowest BCUT2D eigenvalue weighted by Gasteiger charge is -2.11. The van der Waals surface area contributed by atoms with E-state index >= 15 is 0 Å². The Morgan fingerprint density at radius 3 is 1.52 bits per heavy atom. The van der Waals surface area contributed by atoms with Gasteiger partial charge in [-0.05, 0) is 65.7 Å². The van der Waals surface area contributed by atoms with Gasteiger partial charge in [-0.2, -0.15) is 0 Å². The minimum atomic E-state index is 0.653. The molecule has 0 saturated carbocycles. The molecule has 6 heteroatoms. The molecule has 9 aromatic carbocycles. The lowest BCUT2D eigenvalue weighted by molar-refractivity contribution is 1.08. The van der Waals surface area contributed by atoms with Crippen LogP contribution in [0.5, 0.6) is 0 Å². The van der Waals surface area contributed by atoms with Gasteiger partial charge >= 0.3 is 0 Å². The van der Waals surface area contributed by atoms with E-state index in [1.54, 1.807) is 0 Å². The zero-order chi connectivity index (χ0) is 41.4. The first-order chi connectivity index (χ1) is 31.2. The van der Waals surface area contributed by atoms with Gasteiger partial charge in [0.05, 0.1) is 32.5 Å². The molecular weight excluding hydrogens is 787 g/mol. The molecule has 0 radical (unpaired) electrons. The van der Waals surface area contributed by atoms with E-state index < -0.39 is 0 Å². The molecule has 0 unspecified atom stereocenters. The highest BCUT2D eigenvalue weighted by atomic mass is 32.1. The number of hydrogen-bond acceptors (Lipinski definition) is 4. The first-order valence-corrected chi connectivity index (χ1v) is 22.0. The number of para-hydroxylation sites is 3. The predicted molar refractivity (Wildman–Crippen MR) is 263 cm³/mol. The van der Waals surface area contributed by atoms with Gasteiger partial charge in [-0.3, -0.25) is 0 Å². The van der Waals surface area contributed by atoms with Crippen LogP contribution in [0.4, 0.5) is 0 Å². The molecule has 0 aliphatic carbocycles. The second-order valence-electron chi connectivity index (χ2n) is 16.0. The zero-order valence-corrected chi connectivity index (χ0v) is 34.7. The first kappa shape index (κ1) is 35.6. The molecule has 13 aromatic rings. The maximum Gasteiger partial charge on any atom is 0.165 e. The fraction of sp³-hybridized carbons (Fsp3) is 0. The Kier molecular flexibility index (Phi) is 8.01. The van der Waals surface area contributed by atoms with Crippen LogP contribution in [0, 0.1) is 0 Å². The van der Waals surface area contributed by atoms with Gasteiger partial charge in [0.25, 0.3) is 0 Å². The number of benzene rings is 9. The maximum atomic E-state index is 5.14. The SMILES string of the molecule is c1ccc(-c2nc(-c3ccccc3)nc(-c3cccc4c3sc3c(-n5c6ccccc6c6ccc(-c7ccc8c(c7)c7ccccc7n8-c7ccccc7)cc65)cccc34)n2)cc1. The number of aromatic nitrogens is 5. The van der Waals surface area contributed by atoms with Crippen molar-refractivity contribution in [2.24, 2.45) is 0 Å². The van der Waals surface area contributed by atoms with Gasteiger partial charge in [0.1, 0.15) is 0 Å². The summed E-state index contributed by atoms with van der Waals surface area (Å²) < 4.78 is 7.20. The lowest BCUT2D eigenvalue weighted by atomic mass is 10.0. The van der Waals surface area contributed by atoms with Crippen LogP contribution in [0.3, 0.4) is 0 Å². The van der Waals surface area contributed by atoms with Gasteiger partial charge in [0, 0.05) is 59.4 Å². The van der Waals surface area contributed by atoms with Crippen LogP contribution in [-0.2, 0) is 0 Å². The summed E-state index contributed by atoms with van der Waals surface area (Å²) in [6, 6.07) is 75.6. The number of rotatable bonds is 6. The molecule has 294 valence electrons. The third kappa shape index (κ3) is 5.66. The third-order valence-electron chi connectivity index (χ3n) is 12.4. The van der Waals surface area contributed by atoms with E-state index in [1.807, 2.05) is 47.7 Å². The number of fused-ring (bicyclic) bond motifs is 9. The summed E-state index contributed by atoms with van der Waals surface area (Å²) in [6.07, 6.45) is 0. The van der Waals surface area contributed by atoms with Crippen molar-refractivity contribution < 1.29 is 0 Å². The van der Waals surface area contributed by atoms with Crippen LogP contribution < -0.4 is 0 Å². The van der Waals surface area contributed by atoms with Crippen molar-refractivity contribution in [3.8, 4) is 56.7 Å². The Hall–Kier alpha value is -8.19. The standard InChI is InChI=1S/C57H35N5S/c1-4-16-36(17-5-1)55-58-56(37-18-6-2-7-19-37)60-57(59-55)46-26-14-24-44-45-25-15-29-51(54(45)63-53(44)46)62-49-28-13-10-22-41(49)43-32-30-39(35-52(43)62)38-31-33-50-47(34-38)42-23-11-12-27-48(42)61(50)40-20-8-3-9-21-40/h1-35H. The fourth-order valence-electron chi connectivity index (χ4n) is 9.50. The Balaban J connectivity index is 1.01. The van der Waals surface area contributed by atoms with Gasteiger partial charge < -0.3 is 9.13 Å². The van der Waals surface area contributed by atoms with E-state index in [2.05, 4.69) is 185 Å². The van der Waals surface area contributed by atoms with E-state index in [-0.39, 0.29) is 0 Å². The topological polar surface area (TPSA) is 48.5 Å². The molecule has 13 rings (SSSR count). The molecule has 0 N–H and O–H groups in total. The van der Waals surface area contributed by atoms with Crippen LogP contribution in [0.2, 0.25) is 0 Å². The average Bonchev–Trinajstić information content (AvgIpc) is 4.02. The largest absolute Gasteiger partial charge is 0.309 e. The van der Waals surface area contributed by atoms with E-state index in [0.717, 1.165) is 32.8 Å². The Labute approximate surface area is 366 Å². The summed E-state index contributed by atoms with van der Waals surface area (Å²) in [5.74, 6) is 1.97. The highest BCUT2D eigenvalue weighted by Crippen LogP contribution is 2.45. The summed E-state index contributed by atoms with van der Waals surface area (Å²) in [6.45, 7) is 0. The molecule has 0 aliphatic rings. The molecule has 0 spiro atoms. The minimum absolute atomic E-state index is 0.653. The second-order valence-corrected chi connectivity index (χ2v) is 17.0. The zero-order valence-electron chi connectivity index (χ0n) is 33.9. The quantitative estimate of drug-likeness (QED) is 0.168. The Morgan fingerprint density at radius 1 is 0.302 bits per heavy atom. The highest BCUT2D eigenvalue weighted by Gasteiger charge is 2.21. The van der Waals surface area contributed by atoms with Crippen LogP contribution in [0.15, 0.2) is 212 Å². The van der Waals surface area contributed by atoms with E-state index in [0.29, 0.717) is 17.5 Å². The van der Waals surface area contributed by atoms with E-state index in [9.17, 15) is 0 Å². The van der Waals surface area contributed by atoms with Gasteiger partial charge in [-0.25, -0.2) is 15.0 Å². The second kappa shape index (κ2) is 14.2. The molecule has 4 aromatic heterocycles. The Morgan fingerprint density at radius 2 is 0.810 bits per heavy atom. The summed E-state index contributed by atoms with van der Waals surface area (Å²) in [5.41, 5.74) is 12.3. The smallest absolute Gasteiger partial charge is 0.165 e. The maximum absolute atomic E-state index is 5.14. The number of nitrogens with zero attached hydrogens (tertiary/aromatic N) is 5. The van der Waals surface area contributed by atoms with Crippen molar-refractivity contribution in [2.75, 3.05) is 0 Å². The first-order valence-electron chi connectivity index (χ1n) is 21.2. The van der Waals surface area contributed by atoms with Crippen LogP contribution >= 0.6 is 11.3 Å². The molecule has 0 bridgehead atoms. The molecule has 5 nitrogen and oxygen atoms in total. The highest BCUT2D eigenvalue weighted by molar-refractivity contribution is 7.26. The summed E-state index contributed by atoms with van der Waals surface area (Å²) in [7, 11) is 0. The molecule has 0 saturated heterocycles. The van der Waals surface area contributed by atoms with Crippen LogP contribution in [0.1, 0.15) is 0 Å². The number of hydrogen-bond donors (Lipinski definition) is 0. The van der Waals surface area contributed by atoms with E-state index in [1.165, 1.54) is 70.2 Å². The molecule has 0 aliphatic heterocycles.